The SMILES string of the molecule is CCn1cc(C(=O)NC[C@H]2CCCO2)c(=O)c2ccccc21. The molecular weight excluding hydrogens is 280 g/mol. The van der Waals surface area contributed by atoms with Crippen LogP contribution >= 0.6 is 0 Å². The number of hydrogen-bond donors (Lipinski definition) is 1. The first-order chi connectivity index (χ1) is 10.7. The maximum absolute atomic E-state index is 12.5. The first-order valence-corrected chi connectivity index (χ1v) is 7.72. The predicted molar refractivity (Wildman–Crippen MR) is 85.2 cm³/mol. The van der Waals surface area contributed by atoms with Gasteiger partial charge in [-0.3, -0.25) is 9.59 Å². The Bertz CT molecular complexity index is 745. The van der Waals surface area contributed by atoms with Gasteiger partial charge in [-0.1, -0.05) is 12.1 Å². The molecule has 1 saturated heterocycles. The van der Waals surface area contributed by atoms with Crippen molar-refractivity contribution in [3.05, 3.63) is 46.2 Å². The molecular formula is C17H20N2O3. The topological polar surface area (TPSA) is 60.3 Å². The van der Waals surface area contributed by atoms with E-state index in [-0.39, 0.29) is 23.0 Å². The van der Waals surface area contributed by atoms with Crippen LogP contribution in [0.15, 0.2) is 35.3 Å². The standard InChI is InChI=1S/C17H20N2O3/c1-2-19-11-14(16(20)13-7-3-4-8-15(13)19)17(21)18-10-12-6-5-9-22-12/h3-4,7-8,11-12H,2,5-6,9-10H2,1H3,(H,18,21)/t12-/m1/s1. The van der Waals surface area contributed by atoms with E-state index in [0.29, 0.717) is 18.5 Å². The van der Waals surface area contributed by atoms with E-state index in [1.54, 1.807) is 12.3 Å². The number of fused-ring (bicyclic) bond motifs is 1. The summed E-state index contributed by atoms with van der Waals surface area (Å²) >= 11 is 0. The summed E-state index contributed by atoms with van der Waals surface area (Å²) in [5.41, 5.74) is 0.828. The highest BCUT2D eigenvalue weighted by molar-refractivity contribution is 5.97. The number of nitrogens with one attached hydrogen (secondary N) is 1. The second-order valence-corrected chi connectivity index (χ2v) is 5.52. The number of pyridine rings is 1. The van der Waals surface area contributed by atoms with E-state index in [0.717, 1.165) is 25.0 Å². The van der Waals surface area contributed by atoms with E-state index in [9.17, 15) is 9.59 Å². The van der Waals surface area contributed by atoms with Crippen molar-refractivity contribution in [1.82, 2.24) is 9.88 Å². The van der Waals surface area contributed by atoms with Gasteiger partial charge in [0.25, 0.3) is 5.91 Å². The lowest BCUT2D eigenvalue weighted by atomic mass is 10.1. The highest BCUT2D eigenvalue weighted by atomic mass is 16.5. The number of carbonyl (C=O) groups excluding carboxylic acids is 1. The van der Waals surface area contributed by atoms with Crippen molar-refractivity contribution >= 4 is 16.8 Å². The number of rotatable bonds is 4. The molecule has 1 atom stereocenters. The normalized spacial score (nSPS) is 17.8. The lowest BCUT2D eigenvalue weighted by Gasteiger charge is -2.13. The number of nitrogens with zero attached hydrogens (tertiary/aromatic N) is 1. The molecule has 0 bridgehead atoms. The molecule has 5 heteroatoms. The van der Waals surface area contributed by atoms with Crippen LogP contribution in [-0.2, 0) is 11.3 Å². The molecule has 0 aliphatic carbocycles. The molecule has 1 aromatic heterocycles. The van der Waals surface area contributed by atoms with Crippen molar-refractivity contribution in [2.75, 3.05) is 13.2 Å². The highest BCUT2D eigenvalue weighted by Crippen LogP contribution is 2.13. The predicted octanol–water partition coefficient (Wildman–Crippen LogP) is 1.93. The van der Waals surface area contributed by atoms with Crippen molar-refractivity contribution in [3.63, 3.8) is 0 Å². The van der Waals surface area contributed by atoms with Gasteiger partial charge in [-0.05, 0) is 31.9 Å². The average Bonchev–Trinajstić information content (AvgIpc) is 3.07. The van der Waals surface area contributed by atoms with Crippen LogP contribution in [0.2, 0.25) is 0 Å². The molecule has 0 saturated carbocycles. The Kier molecular flexibility index (Phi) is 4.24. The zero-order valence-corrected chi connectivity index (χ0v) is 12.7. The van der Waals surface area contributed by atoms with Crippen molar-refractivity contribution in [3.8, 4) is 0 Å². The van der Waals surface area contributed by atoms with Crippen molar-refractivity contribution in [2.24, 2.45) is 0 Å². The number of amides is 1. The Morgan fingerprint density at radius 2 is 2.23 bits per heavy atom. The van der Waals surface area contributed by atoms with Gasteiger partial charge in [0, 0.05) is 31.3 Å². The lowest BCUT2D eigenvalue weighted by Crippen LogP contribution is -2.35. The number of benzene rings is 1. The zero-order chi connectivity index (χ0) is 15.5. The maximum atomic E-state index is 12.5. The first-order valence-electron chi connectivity index (χ1n) is 7.72. The summed E-state index contributed by atoms with van der Waals surface area (Å²) in [4.78, 5) is 24.9. The third-order valence-corrected chi connectivity index (χ3v) is 4.09. The molecule has 2 heterocycles. The van der Waals surface area contributed by atoms with Gasteiger partial charge >= 0.3 is 0 Å². The number of para-hydroxylation sites is 1. The lowest BCUT2D eigenvalue weighted by molar-refractivity contribution is 0.0856. The molecule has 1 aliphatic heterocycles. The quantitative estimate of drug-likeness (QED) is 0.938. The molecule has 5 nitrogen and oxygen atoms in total. The van der Waals surface area contributed by atoms with Gasteiger partial charge in [0.05, 0.1) is 11.6 Å². The maximum Gasteiger partial charge on any atom is 0.256 e. The van der Waals surface area contributed by atoms with E-state index in [1.165, 1.54) is 0 Å². The molecule has 0 unspecified atom stereocenters. The number of carbonyl (C=O) groups is 1. The van der Waals surface area contributed by atoms with Crippen LogP contribution < -0.4 is 10.7 Å². The van der Waals surface area contributed by atoms with Gasteiger partial charge in [-0.25, -0.2) is 0 Å². The summed E-state index contributed by atoms with van der Waals surface area (Å²) in [6, 6.07) is 7.37. The molecule has 116 valence electrons. The van der Waals surface area contributed by atoms with E-state index >= 15 is 0 Å². The van der Waals surface area contributed by atoms with Crippen LogP contribution in [0.25, 0.3) is 10.9 Å². The van der Waals surface area contributed by atoms with Gasteiger partial charge in [0.1, 0.15) is 5.56 Å². The van der Waals surface area contributed by atoms with Gasteiger partial charge in [-0.2, -0.15) is 0 Å². The monoisotopic (exact) mass is 300 g/mol. The Balaban J connectivity index is 1.90. The summed E-state index contributed by atoms with van der Waals surface area (Å²) in [6.07, 6.45) is 3.70. The Morgan fingerprint density at radius 3 is 2.95 bits per heavy atom. The molecule has 1 N–H and O–H groups in total. The molecule has 22 heavy (non-hydrogen) atoms. The van der Waals surface area contributed by atoms with Crippen LogP contribution in [0, 0.1) is 0 Å². The summed E-state index contributed by atoms with van der Waals surface area (Å²) < 4.78 is 7.41. The van der Waals surface area contributed by atoms with E-state index in [2.05, 4.69) is 5.32 Å². The zero-order valence-electron chi connectivity index (χ0n) is 12.7. The van der Waals surface area contributed by atoms with Crippen LogP contribution in [0.3, 0.4) is 0 Å². The van der Waals surface area contributed by atoms with E-state index in [4.69, 9.17) is 4.74 Å². The van der Waals surface area contributed by atoms with Crippen molar-refractivity contribution in [1.29, 1.82) is 0 Å². The fourth-order valence-electron chi connectivity index (χ4n) is 2.88. The summed E-state index contributed by atoms with van der Waals surface area (Å²) in [7, 11) is 0. The Morgan fingerprint density at radius 1 is 1.41 bits per heavy atom. The van der Waals surface area contributed by atoms with E-state index in [1.807, 2.05) is 29.7 Å². The molecule has 3 rings (SSSR count). The minimum atomic E-state index is -0.326. The number of aryl methyl sites for hydroxylation is 1. The molecule has 0 radical (unpaired) electrons. The van der Waals surface area contributed by atoms with Gasteiger partial charge in [0.15, 0.2) is 0 Å². The summed E-state index contributed by atoms with van der Waals surface area (Å²) in [6.45, 7) is 3.90. The first kappa shape index (κ1) is 14.8. The fraction of sp³-hybridized carbons (Fsp3) is 0.412. The molecule has 1 fully saturated rings. The van der Waals surface area contributed by atoms with E-state index < -0.39 is 0 Å². The number of ether oxygens (including phenoxy) is 1. The van der Waals surface area contributed by atoms with Crippen molar-refractivity contribution < 1.29 is 9.53 Å². The second-order valence-electron chi connectivity index (χ2n) is 5.52. The van der Waals surface area contributed by atoms with Crippen LogP contribution in [0.4, 0.5) is 0 Å². The minimum Gasteiger partial charge on any atom is -0.376 e. The molecule has 1 aliphatic rings. The van der Waals surface area contributed by atoms with Gasteiger partial charge < -0.3 is 14.6 Å². The molecule has 0 spiro atoms. The fourth-order valence-corrected chi connectivity index (χ4v) is 2.88. The second kappa shape index (κ2) is 6.32. The highest BCUT2D eigenvalue weighted by Gasteiger charge is 2.19. The Labute approximate surface area is 128 Å². The van der Waals surface area contributed by atoms with Crippen LogP contribution in [0.1, 0.15) is 30.1 Å². The number of aromatic nitrogens is 1. The third-order valence-electron chi connectivity index (χ3n) is 4.09. The van der Waals surface area contributed by atoms with Crippen LogP contribution in [-0.4, -0.2) is 29.7 Å². The smallest absolute Gasteiger partial charge is 0.256 e. The van der Waals surface area contributed by atoms with Crippen LogP contribution in [0.5, 0.6) is 0 Å². The molecule has 1 aromatic carbocycles. The largest absolute Gasteiger partial charge is 0.376 e. The number of hydrogen-bond acceptors (Lipinski definition) is 3. The molecule has 2 aromatic rings. The summed E-state index contributed by atoms with van der Waals surface area (Å²) in [5, 5.41) is 3.40. The minimum absolute atomic E-state index is 0.0674. The Hall–Kier alpha value is -2.14. The third kappa shape index (κ3) is 2.76. The molecule has 1 amide bonds. The average molecular weight is 300 g/mol. The van der Waals surface area contributed by atoms with Gasteiger partial charge in [-0.15, -0.1) is 0 Å². The van der Waals surface area contributed by atoms with Crippen molar-refractivity contribution in [2.45, 2.75) is 32.4 Å². The van der Waals surface area contributed by atoms with Gasteiger partial charge in [0.2, 0.25) is 5.43 Å². The summed E-state index contributed by atoms with van der Waals surface area (Å²) in [5.74, 6) is -0.326.